The molecule has 4 rings (SSSR count). The lowest BCUT2D eigenvalue weighted by Crippen LogP contribution is -2.47. The molecule has 1 N–H and O–H groups in total. The quantitative estimate of drug-likeness (QED) is 0.432. The Kier molecular flexibility index (Phi) is 7.80. The smallest absolute Gasteiger partial charge is 0.267 e. The van der Waals surface area contributed by atoms with Gasteiger partial charge in [0.05, 0.1) is 18.8 Å². The summed E-state index contributed by atoms with van der Waals surface area (Å²) >= 11 is 6.28. The first kappa shape index (κ1) is 26.6. The van der Waals surface area contributed by atoms with Crippen molar-refractivity contribution in [1.29, 1.82) is 0 Å². The predicted molar refractivity (Wildman–Crippen MR) is 136 cm³/mol. The summed E-state index contributed by atoms with van der Waals surface area (Å²) in [4.78, 5) is 28.7. The van der Waals surface area contributed by atoms with E-state index in [1.54, 1.807) is 42.5 Å². The minimum absolute atomic E-state index is 0.145. The lowest BCUT2D eigenvalue weighted by Gasteiger charge is -2.31. The number of rotatable bonds is 6. The molecule has 0 saturated heterocycles. The van der Waals surface area contributed by atoms with Gasteiger partial charge in [0, 0.05) is 21.8 Å². The maximum Gasteiger partial charge on any atom is 0.267 e. The summed E-state index contributed by atoms with van der Waals surface area (Å²) in [6.45, 7) is 4.80. The van der Waals surface area contributed by atoms with Gasteiger partial charge in [-0.05, 0) is 63.2 Å². The fourth-order valence-corrected chi connectivity index (χ4v) is 4.17. The maximum atomic E-state index is 14.7. The molecular formula is C28H27ClF2N2O4. The van der Waals surface area contributed by atoms with E-state index in [1.165, 1.54) is 12.1 Å². The highest BCUT2D eigenvalue weighted by atomic mass is 35.5. The Balaban J connectivity index is 1.83. The molecule has 194 valence electrons. The predicted octanol–water partition coefficient (Wildman–Crippen LogP) is 5.90. The third-order valence-corrected chi connectivity index (χ3v) is 5.99. The zero-order valence-corrected chi connectivity index (χ0v) is 21.4. The van der Waals surface area contributed by atoms with Crippen molar-refractivity contribution < 1.29 is 27.8 Å². The van der Waals surface area contributed by atoms with Crippen LogP contribution in [0.1, 0.15) is 37.9 Å². The van der Waals surface area contributed by atoms with Gasteiger partial charge in [0.2, 0.25) is 0 Å². The van der Waals surface area contributed by atoms with Crippen LogP contribution in [-0.4, -0.2) is 35.0 Å². The highest BCUT2D eigenvalue weighted by Crippen LogP contribution is 2.38. The monoisotopic (exact) mass is 528 g/mol. The molecule has 0 saturated carbocycles. The lowest BCUT2D eigenvalue weighted by atomic mass is 10.0. The second-order valence-electron chi connectivity index (χ2n) is 9.64. The molecular weight excluding hydrogens is 502 g/mol. The SMILES string of the molecule is CC(C)(C)OCC1Oc2ccc(Cl)cc2C(C(=O)Nc2ccccc2)N(Cc2c(F)cccc2F)C1=O. The van der Waals surface area contributed by atoms with E-state index in [9.17, 15) is 18.4 Å². The number of nitrogens with one attached hydrogen (secondary N) is 1. The fraction of sp³-hybridized carbons (Fsp3) is 0.286. The molecule has 1 aliphatic rings. The molecule has 0 aliphatic carbocycles. The van der Waals surface area contributed by atoms with Crippen LogP contribution in [0.2, 0.25) is 5.02 Å². The van der Waals surface area contributed by atoms with Crippen LogP contribution in [0.3, 0.4) is 0 Å². The average molecular weight is 529 g/mol. The average Bonchev–Trinajstić information content (AvgIpc) is 2.94. The molecule has 9 heteroatoms. The molecule has 1 aliphatic heterocycles. The number of para-hydroxylation sites is 1. The van der Waals surface area contributed by atoms with Crippen molar-refractivity contribution in [3.63, 3.8) is 0 Å². The first-order chi connectivity index (χ1) is 17.5. The molecule has 1 heterocycles. The van der Waals surface area contributed by atoms with Crippen molar-refractivity contribution in [2.24, 2.45) is 0 Å². The third-order valence-electron chi connectivity index (χ3n) is 5.75. The van der Waals surface area contributed by atoms with Gasteiger partial charge in [-0.3, -0.25) is 9.59 Å². The number of anilines is 1. The Bertz CT molecular complexity index is 1280. The van der Waals surface area contributed by atoms with Crippen LogP contribution in [0.25, 0.3) is 0 Å². The van der Waals surface area contributed by atoms with Crippen molar-refractivity contribution in [3.05, 3.63) is 94.5 Å². The second kappa shape index (κ2) is 10.9. The minimum atomic E-state index is -1.31. The summed E-state index contributed by atoms with van der Waals surface area (Å²) in [5.41, 5.74) is -0.178. The zero-order chi connectivity index (χ0) is 26.7. The Morgan fingerprint density at radius 2 is 1.73 bits per heavy atom. The van der Waals surface area contributed by atoms with Gasteiger partial charge in [-0.25, -0.2) is 8.78 Å². The van der Waals surface area contributed by atoms with Crippen molar-refractivity contribution >= 4 is 29.1 Å². The number of hydrogen-bond donors (Lipinski definition) is 1. The van der Waals surface area contributed by atoms with Crippen molar-refractivity contribution in [3.8, 4) is 5.75 Å². The molecule has 2 amide bonds. The van der Waals surface area contributed by atoms with E-state index in [4.69, 9.17) is 21.1 Å². The summed E-state index contributed by atoms with van der Waals surface area (Å²) in [7, 11) is 0. The summed E-state index contributed by atoms with van der Waals surface area (Å²) in [5, 5.41) is 3.09. The van der Waals surface area contributed by atoms with Gasteiger partial charge < -0.3 is 19.7 Å². The summed E-state index contributed by atoms with van der Waals surface area (Å²) in [6.07, 6.45) is -1.18. The van der Waals surface area contributed by atoms with E-state index in [1.807, 2.05) is 20.8 Å². The van der Waals surface area contributed by atoms with Gasteiger partial charge >= 0.3 is 0 Å². The van der Waals surface area contributed by atoms with Gasteiger partial charge in [-0.1, -0.05) is 35.9 Å². The second-order valence-corrected chi connectivity index (χ2v) is 10.1. The van der Waals surface area contributed by atoms with E-state index in [0.717, 1.165) is 17.0 Å². The molecule has 0 aromatic heterocycles. The Morgan fingerprint density at radius 1 is 1.05 bits per heavy atom. The Morgan fingerprint density at radius 3 is 2.38 bits per heavy atom. The number of amides is 2. The number of fused-ring (bicyclic) bond motifs is 1. The van der Waals surface area contributed by atoms with E-state index < -0.39 is 47.7 Å². The van der Waals surface area contributed by atoms with E-state index >= 15 is 0 Å². The topological polar surface area (TPSA) is 67.9 Å². The van der Waals surface area contributed by atoms with Gasteiger partial charge in [-0.15, -0.1) is 0 Å². The Hall–Kier alpha value is -3.49. The number of ether oxygens (including phenoxy) is 2. The molecule has 2 unspecified atom stereocenters. The first-order valence-electron chi connectivity index (χ1n) is 11.7. The van der Waals surface area contributed by atoms with E-state index in [0.29, 0.717) is 10.7 Å². The molecule has 0 radical (unpaired) electrons. The number of hydrogen-bond acceptors (Lipinski definition) is 4. The van der Waals surface area contributed by atoms with Gasteiger partial charge in [0.15, 0.2) is 6.10 Å². The number of halogens is 3. The molecule has 3 aromatic rings. The molecule has 2 atom stereocenters. The summed E-state index contributed by atoms with van der Waals surface area (Å²) < 4.78 is 41.3. The summed E-state index contributed by atoms with van der Waals surface area (Å²) in [5.74, 6) is -2.69. The van der Waals surface area contributed by atoms with Crippen molar-refractivity contribution in [2.45, 2.75) is 45.1 Å². The van der Waals surface area contributed by atoms with Crippen LogP contribution in [0.5, 0.6) is 5.75 Å². The zero-order valence-electron chi connectivity index (χ0n) is 20.6. The van der Waals surface area contributed by atoms with Crippen LogP contribution in [0, 0.1) is 11.6 Å². The fourth-order valence-electron chi connectivity index (χ4n) is 3.99. The van der Waals surface area contributed by atoms with Crippen molar-refractivity contribution in [2.75, 3.05) is 11.9 Å². The van der Waals surface area contributed by atoms with Crippen LogP contribution in [0.4, 0.5) is 14.5 Å². The van der Waals surface area contributed by atoms with Crippen LogP contribution < -0.4 is 10.1 Å². The highest BCUT2D eigenvalue weighted by Gasteiger charge is 2.42. The number of carbonyl (C=O) groups is 2. The molecule has 0 fully saturated rings. The molecule has 6 nitrogen and oxygen atoms in total. The molecule has 37 heavy (non-hydrogen) atoms. The number of nitrogens with zero attached hydrogens (tertiary/aromatic N) is 1. The largest absolute Gasteiger partial charge is 0.478 e. The molecule has 3 aromatic carbocycles. The Labute approximate surface area is 219 Å². The normalized spacial score (nSPS) is 17.6. The number of carbonyl (C=O) groups excluding carboxylic acids is 2. The standard InChI is InChI=1S/C28H27ClF2N2O4/c1-28(2,3)36-16-24-27(35)33(15-20-21(30)10-7-11-22(20)31)25(19-14-17(29)12-13-23(19)37-24)26(34)32-18-8-5-4-6-9-18/h4-14,24-25H,15-16H2,1-3H3,(H,32,34). The van der Waals surface area contributed by atoms with Crippen LogP contribution in [0.15, 0.2) is 66.7 Å². The van der Waals surface area contributed by atoms with E-state index in [2.05, 4.69) is 5.32 Å². The van der Waals surface area contributed by atoms with Crippen LogP contribution in [-0.2, 0) is 20.9 Å². The molecule has 0 bridgehead atoms. The summed E-state index contributed by atoms with van der Waals surface area (Å²) in [6, 6.07) is 15.4. The number of benzene rings is 3. The maximum absolute atomic E-state index is 14.7. The lowest BCUT2D eigenvalue weighted by molar-refractivity contribution is -0.149. The van der Waals surface area contributed by atoms with Gasteiger partial charge in [0.1, 0.15) is 23.4 Å². The van der Waals surface area contributed by atoms with Gasteiger partial charge in [0.25, 0.3) is 11.8 Å². The van der Waals surface area contributed by atoms with Crippen molar-refractivity contribution in [1.82, 2.24) is 4.90 Å². The minimum Gasteiger partial charge on any atom is -0.478 e. The van der Waals surface area contributed by atoms with Crippen LogP contribution >= 0.6 is 11.6 Å². The molecule has 0 spiro atoms. The highest BCUT2D eigenvalue weighted by molar-refractivity contribution is 6.30. The van der Waals surface area contributed by atoms with E-state index in [-0.39, 0.29) is 23.5 Å². The first-order valence-corrected chi connectivity index (χ1v) is 12.1. The van der Waals surface area contributed by atoms with Gasteiger partial charge in [-0.2, -0.15) is 0 Å². The third kappa shape index (κ3) is 6.26.